The smallest absolute Gasteiger partial charge is 0.0430 e. The van der Waals surface area contributed by atoms with E-state index in [0.717, 1.165) is 6.42 Å². The molecule has 1 aliphatic carbocycles. The lowest BCUT2D eigenvalue weighted by atomic mass is 9.69. The van der Waals surface area contributed by atoms with Crippen molar-refractivity contribution in [2.45, 2.75) is 56.3 Å². The third kappa shape index (κ3) is 3.23. The Hall–Kier alpha value is -3.26. The van der Waals surface area contributed by atoms with Crippen molar-refractivity contribution >= 4 is 17.5 Å². The van der Waals surface area contributed by atoms with Crippen molar-refractivity contribution in [2.24, 2.45) is 0 Å². The zero-order valence-electron chi connectivity index (χ0n) is 19.5. The summed E-state index contributed by atoms with van der Waals surface area (Å²) in [6, 6.07) is 26.5. The molecule has 2 N–H and O–H groups in total. The molecule has 3 aromatic rings. The molecule has 2 heteroatoms. The molecule has 2 heterocycles. The molecule has 0 amide bonds. The van der Waals surface area contributed by atoms with Crippen molar-refractivity contribution in [2.75, 3.05) is 10.6 Å². The van der Waals surface area contributed by atoms with Crippen LogP contribution in [0.2, 0.25) is 0 Å². The molecule has 3 aliphatic rings. The van der Waals surface area contributed by atoms with Gasteiger partial charge in [-0.2, -0.15) is 0 Å². The first-order chi connectivity index (χ1) is 16.1. The van der Waals surface area contributed by atoms with Crippen LogP contribution >= 0.6 is 0 Å². The average molecular weight is 433 g/mol. The van der Waals surface area contributed by atoms with E-state index in [1.807, 2.05) is 0 Å². The fraction of sp³-hybridized carbons (Fsp3) is 0.290. The molecule has 1 unspecified atom stereocenters. The Kier molecular flexibility index (Phi) is 4.72. The summed E-state index contributed by atoms with van der Waals surface area (Å²) in [4.78, 5) is 0. The SMILES string of the molecule is C=C1Nc2cc(/C=C3\Nc4ccccc4C3(C)Cc3ccccc3)ccc2C12CCCCC2. The van der Waals surface area contributed by atoms with E-state index < -0.39 is 0 Å². The van der Waals surface area contributed by atoms with Gasteiger partial charge in [0.25, 0.3) is 0 Å². The summed E-state index contributed by atoms with van der Waals surface area (Å²) in [6.45, 7) is 6.81. The lowest BCUT2D eigenvalue weighted by Crippen LogP contribution is -2.28. The number of anilines is 2. The molecular weight excluding hydrogens is 400 g/mol. The summed E-state index contributed by atoms with van der Waals surface area (Å²) in [7, 11) is 0. The maximum Gasteiger partial charge on any atom is 0.0430 e. The van der Waals surface area contributed by atoms with Crippen LogP contribution in [-0.2, 0) is 17.3 Å². The summed E-state index contributed by atoms with van der Waals surface area (Å²) in [5.74, 6) is 0. The normalized spacial score (nSPS) is 23.8. The van der Waals surface area contributed by atoms with Gasteiger partial charge in [-0.15, -0.1) is 0 Å². The molecular formula is C31H32N2. The van der Waals surface area contributed by atoms with E-state index in [-0.39, 0.29) is 10.8 Å². The van der Waals surface area contributed by atoms with Crippen LogP contribution in [0.15, 0.2) is 90.8 Å². The van der Waals surface area contributed by atoms with E-state index in [9.17, 15) is 0 Å². The minimum atomic E-state index is -0.0986. The Morgan fingerprint density at radius 2 is 1.58 bits per heavy atom. The average Bonchev–Trinajstić information content (AvgIpc) is 3.25. The number of rotatable bonds is 3. The summed E-state index contributed by atoms with van der Waals surface area (Å²) < 4.78 is 0. The maximum atomic E-state index is 4.44. The number of allylic oxidation sites excluding steroid dienone is 2. The number of hydrogen-bond acceptors (Lipinski definition) is 2. The van der Waals surface area contributed by atoms with Crippen LogP contribution in [-0.4, -0.2) is 0 Å². The molecule has 1 saturated carbocycles. The van der Waals surface area contributed by atoms with Crippen molar-refractivity contribution in [3.63, 3.8) is 0 Å². The maximum absolute atomic E-state index is 4.44. The monoisotopic (exact) mass is 432 g/mol. The van der Waals surface area contributed by atoms with Crippen LogP contribution in [0.5, 0.6) is 0 Å². The highest BCUT2D eigenvalue weighted by atomic mass is 15.0. The van der Waals surface area contributed by atoms with Crippen molar-refractivity contribution in [3.8, 4) is 0 Å². The van der Waals surface area contributed by atoms with Crippen LogP contribution in [0.4, 0.5) is 11.4 Å². The second-order valence-electron chi connectivity index (χ2n) is 10.3. The Morgan fingerprint density at radius 1 is 0.818 bits per heavy atom. The lowest BCUT2D eigenvalue weighted by Gasteiger charge is -2.34. The third-order valence-corrected chi connectivity index (χ3v) is 8.23. The first kappa shape index (κ1) is 20.4. The minimum Gasteiger partial charge on any atom is -0.358 e. The molecule has 1 spiro atoms. The molecule has 2 aliphatic heterocycles. The number of nitrogens with one attached hydrogen (secondary N) is 2. The summed E-state index contributed by atoms with van der Waals surface area (Å²) in [5.41, 5.74) is 10.4. The molecule has 0 bridgehead atoms. The van der Waals surface area contributed by atoms with Gasteiger partial charge in [-0.25, -0.2) is 0 Å². The van der Waals surface area contributed by atoms with Gasteiger partial charge >= 0.3 is 0 Å². The van der Waals surface area contributed by atoms with E-state index in [1.54, 1.807) is 0 Å². The van der Waals surface area contributed by atoms with Gasteiger partial charge in [0, 0.05) is 33.6 Å². The quantitative estimate of drug-likeness (QED) is 0.441. The zero-order valence-corrected chi connectivity index (χ0v) is 19.5. The van der Waals surface area contributed by atoms with Crippen LogP contribution in [0.3, 0.4) is 0 Å². The molecule has 2 nitrogen and oxygen atoms in total. The number of hydrogen-bond donors (Lipinski definition) is 2. The first-order valence-corrected chi connectivity index (χ1v) is 12.3. The molecule has 33 heavy (non-hydrogen) atoms. The Labute approximate surface area is 197 Å². The molecule has 0 aromatic heterocycles. The lowest BCUT2D eigenvalue weighted by molar-refractivity contribution is 0.351. The van der Waals surface area contributed by atoms with Crippen molar-refractivity contribution in [1.82, 2.24) is 0 Å². The van der Waals surface area contributed by atoms with Crippen LogP contribution in [0, 0.1) is 0 Å². The van der Waals surface area contributed by atoms with Crippen molar-refractivity contribution in [3.05, 3.63) is 113 Å². The van der Waals surface area contributed by atoms with E-state index in [2.05, 4.69) is 103 Å². The summed E-state index contributed by atoms with van der Waals surface area (Å²) >= 11 is 0. The van der Waals surface area contributed by atoms with E-state index in [4.69, 9.17) is 0 Å². The van der Waals surface area contributed by atoms with E-state index >= 15 is 0 Å². The fourth-order valence-electron chi connectivity index (χ4n) is 6.40. The van der Waals surface area contributed by atoms with Crippen LogP contribution in [0.1, 0.15) is 61.3 Å². The van der Waals surface area contributed by atoms with Gasteiger partial charge in [-0.1, -0.05) is 86.5 Å². The van der Waals surface area contributed by atoms with E-state index in [0.29, 0.717) is 0 Å². The predicted octanol–water partition coefficient (Wildman–Crippen LogP) is 7.79. The standard InChI is InChI=1S/C31H32N2/c1-22-31(17-9-4-10-18-31)26-16-15-24(19-28(26)32-22)20-29-30(2,21-23-11-5-3-6-12-23)25-13-7-8-14-27(25)33-29/h3,5-8,11-16,19-20,32-33H,1,4,9-10,17-18,21H2,2H3/b29-20-. The van der Waals surface area contributed by atoms with Gasteiger partial charge < -0.3 is 10.6 Å². The van der Waals surface area contributed by atoms with Crippen molar-refractivity contribution in [1.29, 1.82) is 0 Å². The highest BCUT2D eigenvalue weighted by molar-refractivity contribution is 5.77. The van der Waals surface area contributed by atoms with Crippen molar-refractivity contribution < 1.29 is 0 Å². The second-order valence-corrected chi connectivity index (χ2v) is 10.3. The highest BCUT2D eigenvalue weighted by Gasteiger charge is 2.43. The fourth-order valence-corrected chi connectivity index (χ4v) is 6.40. The van der Waals surface area contributed by atoms with Crippen LogP contribution in [0.25, 0.3) is 6.08 Å². The predicted molar refractivity (Wildman–Crippen MR) is 140 cm³/mol. The van der Waals surface area contributed by atoms with Gasteiger partial charge in [-0.05, 0) is 66.6 Å². The highest BCUT2D eigenvalue weighted by Crippen LogP contribution is 2.52. The topological polar surface area (TPSA) is 24.1 Å². The molecule has 0 radical (unpaired) electrons. The largest absolute Gasteiger partial charge is 0.358 e. The first-order valence-electron chi connectivity index (χ1n) is 12.3. The minimum absolute atomic E-state index is 0.0986. The Bertz CT molecular complexity index is 1250. The third-order valence-electron chi connectivity index (χ3n) is 8.23. The van der Waals surface area contributed by atoms with E-state index in [1.165, 1.54) is 77.1 Å². The molecule has 0 saturated heterocycles. The molecule has 166 valence electrons. The van der Waals surface area contributed by atoms with Crippen LogP contribution < -0.4 is 10.6 Å². The van der Waals surface area contributed by atoms with Gasteiger partial charge in [-0.3, -0.25) is 0 Å². The van der Waals surface area contributed by atoms with Gasteiger partial charge in [0.1, 0.15) is 0 Å². The number of fused-ring (bicyclic) bond motifs is 3. The zero-order chi connectivity index (χ0) is 22.5. The second kappa shape index (κ2) is 7.66. The molecule has 6 rings (SSSR count). The van der Waals surface area contributed by atoms with Gasteiger partial charge in [0.2, 0.25) is 0 Å². The van der Waals surface area contributed by atoms with Gasteiger partial charge in [0.05, 0.1) is 0 Å². The number of para-hydroxylation sites is 1. The summed E-state index contributed by atoms with van der Waals surface area (Å²) in [5, 5.41) is 7.41. The van der Waals surface area contributed by atoms with Gasteiger partial charge in [0.15, 0.2) is 0 Å². The Balaban J connectivity index is 1.39. The molecule has 1 atom stereocenters. The Morgan fingerprint density at radius 3 is 2.39 bits per heavy atom. The summed E-state index contributed by atoms with van der Waals surface area (Å²) in [6.07, 6.45) is 9.70. The molecule has 3 aromatic carbocycles. The number of benzene rings is 3. The molecule has 1 fully saturated rings.